The second-order valence-electron chi connectivity index (χ2n) is 5.34. The molecule has 6 heteroatoms. The molecule has 0 fully saturated rings. The Hall–Kier alpha value is -2.10. The maximum atomic E-state index is 12.5. The highest BCUT2D eigenvalue weighted by molar-refractivity contribution is 7.57. The van der Waals surface area contributed by atoms with Crippen LogP contribution in [0.25, 0.3) is 0 Å². The summed E-state index contributed by atoms with van der Waals surface area (Å²) in [5.41, 5.74) is 1.21. The van der Waals surface area contributed by atoms with Crippen LogP contribution < -0.4 is 4.74 Å². The Morgan fingerprint density at radius 2 is 1.74 bits per heavy atom. The molecule has 0 bridgehead atoms. The summed E-state index contributed by atoms with van der Waals surface area (Å²) in [6, 6.07) is 15.4. The third-order valence-corrected chi connectivity index (χ3v) is 5.35. The van der Waals surface area contributed by atoms with E-state index in [0.29, 0.717) is 16.9 Å². The zero-order chi connectivity index (χ0) is 16.9. The number of rotatable bonds is 7. The molecule has 0 saturated heterocycles. The number of carbonyl (C=O) groups is 1. The molecule has 122 valence electrons. The third kappa shape index (κ3) is 4.95. The first-order chi connectivity index (χ1) is 10.9. The molecule has 0 spiro atoms. The lowest BCUT2D eigenvalue weighted by Gasteiger charge is -2.18. The Morgan fingerprint density at radius 3 is 2.26 bits per heavy atom. The number of hydrogen-bond acceptors (Lipinski definition) is 3. The Bertz CT molecular complexity index is 697. The van der Waals surface area contributed by atoms with Crippen LogP contribution in [0.5, 0.6) is 5.75 Å². The third-order valence-electron chi connectivity index (χ3n) is 3.56. The molecule has 0 aliphatic heterocycles. The fourth-order valence-electron chi connectivity index (χ4n) is 2.38. The van der Waals surface area contributed by atoms with Gasteiger partial charge in [0, 0.05) is 12.3 Å². The van der Waals surface area contributed by atoms with Crippen molar-refractivity contribution in [2.24, 2.45) is 0 Å². The SMILES string of the molecule is COc1ccc(CP(=O)(O)CC(C(=O)O)c2ccccc2)cc1. The van der Waals surface area contributed by atoms with Gasteiger partial charge >= 0.3 is 5.97 Å². The largest absolute Gasteiger partial charge is 0.497 e. The van der Waals surface area contributed by atoms with E-state index in [2.05, 4.69) is 0 Å². The molecular formula is C17H19O5P. The van der Waals surface area contributed by atoms with E-state index in [9.17, 15) is 19.4 Å². The van der Waals surface area contributed by atoms with Gasteiger partial charge in [0.1, 0.15) is 5.75 Å². The predicted molar refractivity (Wildman–Crippen MR) is 88.2 cm³/mol. The van der Waals surface area contributed by atoms with Crippen LogP contribution in [0.2, 0.25) is 0 Å². The molecule has 0 saturated carbocycles. The first-order valence-electron chi connectivity index (χ1n) is 7.13. The Labute approximate surface area is 135 Å². The highest BCUT2D eigenvalue weighted by Crippen LogP contribution is 2.48. The van der Waals surface area contributed by atoms with Crippen molar-refractivity contribution >= 4 is 13.3 Å². The van der Waals surface area contributed by atoms with Gasteiger partial charge in [-0.05, 0) is 23.3 Å². The van der Waals surface area contributed by atoms with Gasteiger partial charge in [-0.1, -0.05) is 42.5 Å². The maximum absolute atomic E-state index is 12.5. The minimum Gasteiger partial charge on any atom is -0.497 e. The topological polar surface area (TPSA) is 83.8 Å². The molecule has 2 aromatic rings. The van der Waals surface area contributed by atoms with Crippen molar-refractivity contribution in [1.82, 2.24) is 0 Å². The second-order valence-corrected chi connectivity index (χ2v) is 7.71. The molecule has 2 atom stereocenters. The van der Waals surface area contributed by atoms with E-state index in [1.54, 1.807) is 61.7 Å². The van der Waals surface area contributed by atoms with Gasteiger partial charge in [0.2, 0.25) is 7.37 Å². The molecule has 2 rings (SSSR count). The number of ether oxygens (including phenoxy) is 1. The van der Waals surface area contributed by atoms with E-state index >= 15 is 0 Å². The Kier molecular flexibility index (Phi) is 5.59. The van der Waals surface area contributed by atoms with Crippen molar-refractivity contribution in [3.63, 3.8) is 0 Å². The molecule has 23 heavy (non-hydrogen) atoms. The summed E-state index contributed by atoms with van der Waals surface area (Å²) in [5.74, 6) is -1.43. The number of carboxylic acid groups (broad SMARTS) is 1. The summed E-state index contributed by atoms with van der Waals surface area (Å²) in [4.78, 5) is 21.7. The van der Waals surface area contributed by atoms with Gasteiger partial charge in [-0.15, -0.1) is 0 Å². The lowest BCUT2D eigenvalue weighted by atomic mass is 10.0. The fourth-order valence-corrected chi connectivity index (χ4v) is 4.23. The summed E-state index contributed by atoms with van der Waals surface area (Å²) in [7, 11) is -2.09. The fraction of sp³-hybridized carbons (Fsp3) is 0.235. The molecule has 5 nitrogen and oxygen atoms in total. The van der Waals surface area contributed by atoms with E-state index in [1.165, 1.54) is 0 Å². The molecule has 2 unspecified atom stereocenters. The summed E-state index contributed by atoms with van der Waals surface area (Å²) < 4.78 is 17.5. The normalized spacial score (nSPS) is 14.7. The molecule has 0 radical (unpaired) electrons. The summed E-state index contributed by atoms with van der Waals surface area (Å²) in [6.45, 7) is 0. The van der Waals surface area contributed by atoms with Gasteiger partial charge < -0.3 is 14.7 Å². The number of carboxylic acids is 1. The number of benzene rings is 2. The average molecular weight is 334 g/mol. The highest BCUT2D eigenvalue weighted by atomic mass is 31.2. The van der Waals surface area contributed by atoms with Crippen molar-refractivity contribution in [2.75, 3.05) is 13.3 Å². The molecule has 0 aliphatic rings. The van der Waals surface area contributed by atoms with Crippen LogP contribution in [0, 0.1) is 0 Å². The number of methoxy groups -OCH3 is 1. The predicted octanol–water partition coefficient (Wildman–Crippen LogP) is 3.33. The van der Waals surface area contributed by atoms with Gasteiger partial charge in [-0.3, -0.25) is 9.36 Å². The lowest BCUT2D eigenvalue weighted by molar-refractivity contribution is -0.138. The van der Waals surface area contributed by atoms with Crippen LogP contribution in [0.1, 0.15) is 17.0 Å². The van der Waals surface area contributed by atoms with Crippen LogP contribution in [0.3, 0.4) is 0 Å². The van der Waals surface area contributed by atoms with Gasteiger partial charge in [-0.25, -0.2) is 0 Å². The van der Waals surface area contributed by atoms with Crippen molar-refractivity contribution in [1.29, 1.82) is 0 Å². The van der Waals surface area contributed by atoms with E-state index in [-0.39, 0.29) is 12.3 Å². The van der Waals surface area contributed by atoms with Gasteiger partial charge in [0.15, 0.2) is 0 Å². The van der Waals surface area contributed by atoms with Crippen molar-refractivity contribution in [2.45, 2.75) is 12.1 Å². The van der Waals surface area contributed by atoms with Crippen LogP contribution in [-0.2, 0) is 15.5 Å². The quantitative estimate of drug-likeness (QED) is 0.759. The maximum Gasteiger partial charge on any atom is 0.311 e. The smallest absolute Gasteiger partial charge is 0.311 e. The second kappa shape index (κ2) is 7.44. The van der Waals surface area contributed by atoms with E-state index in [0.717, 1.165) is 0 Å². The highest BCUT2D eigenvalue weighted by Gasteiger charge is 2.30. The molecule has 2 N–H and O–H groups in total. The lowest BCUT2D eigenvalue weighted by Crippen LogP contribution is -2.16. The zero-order valence-corrected chi connectivity index (χ0v) is 13.6. The minimum absolute atomic E-state index is 0.0619. The molecular weight excluding hydrogens is 315 g/mol. The van der Waals surface area contributed by atoms with Crippen LogP contribution in [-0.4, -0.2) is 29.2 Å². The van der Waals surface area contributed by atoms with Crippen molar-refractivity contribution < 1.29 is 24.1 Å². The zero-order valence-electron chi connectivity index (χ0n) is 12.8. The molecule has 0 aliphatic carbocycles. The van der Waals surface area contributed by atoms with Gasteiger partial charge in [-0.2, -0.15) is 0 Å². The first-order valence-corrected chi connectivity index (χ1v) is 9.16. The summed E-state index contributed by atoms with van der Waals surface area (Å²) >= 11 is 0. The Morgan fingerprint density at radius 1 is 1.13 bits per heavy atom. The van der Waals surface area contributed by atoms with Crippen molar-refractivity contribution in [3.05, 3.63) is 65.7 Å². The average Bonchev–Trinajstić information content (AvgIpc) is 2.53. The minimum atomic E-state index is -3.64. The standard InChI is InChI=1S/C17H19O5P/c1-22-15-9-7-13(8-10-15)11-23(20,21)12-16(17(18)19)14-5-3-2-4-6-14/h2-10,16H,11-12H2,1H3,(H,18,19)(H,20,21). The van der Waals surface area contributed by atoms with Gasteiger partial charge in [0.05, 0.1) is 13.0 Å². The van der Waals surface area contributed by atoms with E-state index in [4.69, 9.17) is 4.74 Å². The Balaban J connectivity index is 2.14. The van der Waals surface area contributed by atoms with Crippen LogP contribution in [0.15, 0.2) is 54.6 Å². The molecule has 0 amide bonds. The molecule has 2 aromatic carbocycles. The monoisotopic (exact) mass is 334 g/mol. The van der Waals surface area contributed by atoms with E-state index in [1.807, 2.05) is 0 Å². The van der Waals surface area contributed by atoms with Crippen molar-refractivity contribution in [3.8, 4) is 5.75 Å². The number of hydrogen-bond donors (Lipinski definition) is 2. The summed E-state index contributed by atoms with van der Waals surface area (Å²) in [6.07, 6.45) is -0.355. The molecule has 0 heterocycles. The van der Waals surface area contributed by atoms with E-state index < -0.39 is 19.3 Å². The molecule has 0 aromatic heterocycles. The summed E-state index contributed by atoms with van der Waals surface area (Å²) in [5, 5.41) is 9.38. The first kappa shape index (κ1) is 17.3. The number of aliphatic carboxylic acids is 1. The van der Waals surface area contributed by atoms with Gasteiger partial charge in [0.25, 0.3) is 0 Å². The van der Waals surface area contributed by atoms with Crippen LogP contribution >= 0.6 is 7.37 Å². The van der Waals surface area contributed by atoms with Crippen LogP contribution in [0.4, 0.5) is 0 Å².